The lowest BCUT2D eigenvalue weighted by Gasteiger charge is -2.13. The van der Waals surface area contributed by atoms with Crippen LogP contribution in [0.2, 0.25) is 0 Å². The summed E-state index contributed by atoms with van der Waals surface area (Å²) in [4.78, 5) is 0.0920. The van der Waals surface area contributed by atoms with Gasteiger partial charge in [-0.1, -0.05) is 6.07 Å². The quantitative estimate of drug-likeness (QED) is 0.755. The summed E-state index contributed by atoms with van der Waals surface area (Å²) in [6.07, 6.45) is 0.122. The number of hydrogen-bond donors (Lipinski definition) is 2. The van der Waals surface area contributed by atoms with Crippen LogP contribution < -0.4 is 23.7 Å². The summed E-state index contributed by atoms with van der Waals surface area (Å²) in [6.45, 7) is 1.25. The highest BCUT2D eigenvalue weighted by Crippen LogP contribution is 2.35. The second-order valence-corrected chi connectivity index (χ2v) is 8.24. The van der Waals surface area contributed by atoms with Crippen molar-refractivity contribution in [3.8, 4) is 23.0 Å². The largest absolute Gasteiger partial charge is 0.490 e. The molecule has 150 valence electrons. The van der Waals surface area contributed by atoms with Crippen LogP contribution in [0.1, 0.15) is 24.5 Å². The van der Waals surface area contributed by atoms with Crippen molar-refractivity contribution in [3.63, 3.8) is 0 Å². The first kappa shape index (κ1) is 18.9. The van der Waals surface area contributed by atoms with Gasteiger partial charge >= 0.3 is 0 Å². The molecule has 1 atom stereocenters. The van der Waals surface area contributed by atoms with Gasteiger partial charge in [-0.05, 0) is 36.2 Å². The van der Waals surface area contributed by atoms with E-state index in [9.17, 15) is 13.5 Å². The van der Waals surface area contributed by atoms with E-state index in [1.165, 1.54) is 12.1 Å². The molecule has 0 saturated carbocycles. The number of sulfonamides is 1. The molecular formula is C19H21NO7S. The maximum atomic E-state index is 12.5. The van der Waals surface area contributed by atoms with E-state index in [2.05, 4.69) is 4.72 Å². The lowest BCUT2D eigenvalue weighted by Crippen LogP contribution is -2.26. The van der Waals surface area contributed by atoms with Crippen LogP contribution in [0.15, 0.2) is 41.3 Å². The lowest BCUT2D eigenvalue weighted by molar-refractivity contribution is 0.166. The van der Waals surface area contributed by atoms with Crippen LogP contribution in [-0.2, 0) is 10.0 Å². The van der Waals surface area contributed by atoms with Gasteiger partial charge in [0.1, 0.15) is 0 Å². The molecule has 2 heterocycles. The van der Waals surface area contributed by atoms with Crippen LogP contribution in [0.5, 0.6) is 23.0 Å². The van der Waals surface area contributed by atoms with Gasteiger partial charge in [-0.25, -0.2) is 13.1 Å². The first-order valence-electron chi connectivity index (χ1n) is 9.00. The molecule has 0 aliphatic carbocycles. The molecule has 0 spiro atoms. The van der Waals surface area contributed by atoms with Crippen LogP contribution in [0.4, 0.5) is 0 Å². The number of nitrogens with one attached hydrogen (secondary N) is 1. The Balaban J connectivity index is 1.38. The van der Waals surface area contributed by atoms with Crippen molar-refractivity contribution in [2.75, 3.05) is 26.6 Å². The monoisotopic (exact) mass is 407 g/mol. The first-order chi connectivity index (χ1) is 13.5. The molecule has 2 aromatic rings. The first-order valence-corrected chi connectivity index (χ1v) is 10.5. The highest BCUT2D eigenvalue weighted by atomic mass is 32.2. The number of hydrogen-bond acceptors (Lipinski definition) is 7. The zero-order valence-electron chi connectivity index (χ0n) is 15.1. The van der Waals surface area contributed by atoms with Crippen molar-refractivity contribution < 1.29 is 32.5 Å². The molecule has 4 rings (SSSR count). The van der Waals surface area contributed by atoms with Crippen molar-refractivity contribution in [1.29, 1.82) is 0 Å². The molecule has 0 saturated heterocycles. The maximum Gasteiger partial charge on any atom is 0.240 e. The average Bonchev–Trinajstić information content (AvgIpc) is 3.03. The SMILES string of the molecule is O=S(=O)(NCC[C@@H](O)c1ccc2c(c1)OCO2)c1ccc2c(c1)OCCCO2. The Hall–Kier alpha value is -2.49. The summed E-state index contributed by atoms with van der Waals surface area (Å²) in [5, 5.41) is 10.3. The number of benzene rings is 2. The Morgan fingerprint density at radius 3 is 2.46 bits per heavy atom. The van der Waals surface area contributed by atoms with Crippen LogP contribution in [-0.4, -0.2) is 40.1 Å². The van der Waals surface area contributed by atoms with E-state index in [0.29, 0.717) is 41.8 Å². The number of fused-ring (bicyclic) bond motifs is 2. The highest BCUT2D eigenvalue weighted by Gasteiger charge is 2.20. The number of rotatable bonds is 6. The van der Waals surface area contributed by atoms with Gasteiger partial charge in [0.15, 0.2) is 23.0 Å². The minimum Gasteiger partial charge on any atom is -0.490 e. The fourth-order valence-electron chi connectivity index (χ4n) is 3.01. The summed E-state index contributed by atoms with van der Waals surface area (Å²) in [5.74, 6) is 2.16. The number of aliphatic hydroxyl groups is 1. The van der Waals surface area contributed by atoms with Crippen LogP contribution in [0, 0.1) is 0 Å². The molecule has 0 fully saturated rings. The van der Waals surface area contributed by atoms with E-state index in [1.54, 1.807) is 24.3 Å². The molecule has 0 radical (unpaired) electrons. The maximum absolute atomic E-state index is 12.5. The van der Waals surface area contributed by atoms with Crippen molar-refractivity contribution in [2.24, 2.45) is 0 Å². The van der Waals surface area contributed by atoms with Gasteiger partial charge in [-0.3, -0.25) is 0 Å². The Labute approximate surface area is 163 Å². The average molecular weight is 407 g/mol. The van der Waals surface area contributed by atoms with Crippen LogP contribution in [0.25, 0.3) is 0 Å². The molecule has 2 aliphatic rings. The third-order valence-corrected chi connectivity index (χ3v) is 5.98. The van der Waals surface area contributed by atoms with E-state index < -0.39 is 16.1 Å². The van der Waals surface area contributed by atoms with Crippen molar-refractivity contribution in [1.82, 2.24) is 4.72 Å². The Morgan fingerprint density at radius 2 is 1.61 bits per heavy atom. The summed E-state index contributed by atoms with van der Waals surface area (Å²) in [7, 11) is -3.73. The van der Waals surface area contributed by atoms with E-state index in [4.69, 9.17) is 18.9 Å². The number of ether oxygens (including phenoxy) is 4. The van der Waals surface area contributed by atoms with Crippen LogP contribution >= 0.6 is 0 Å². The molecule has 8 nitrogen and oxygen atoms in total. The zero-order chi connectivity index (χ0) is 19.6. The predicted molar refractivity (Wildman–Crippen MR) is 99.4 cm³/mol. The molecule has 0 unspecified atom stereocenters. The van der Waals surface area contributed by atoms with Gasteiger partial charge in [-0.15, -0.1) is 0 Å². The molecule has 2 aliphatic heterocycles. The topological polar surface area (TPSA) is 103 Å². The molecule has 28 heavy (non-hydrogen) atoms. The Bertz CT molecular complexity index is 961. The third-order valence-electron chi connectivity index (χ3n) is 4.52. The van der Waals surface area contributed by atoms with Gasteiger partial charge in [0.2, 0.25) is 16.8 Å². The minimum atomic E-state index is -3.73. The summed E-state index contributed by atoms with van der Waals surface area (Å²) >= 11 is 0. The van der Waals surface area contributed by atoms with E-state index in [-0.39, 0.29) is 24.7 Å². The van der Waals surface area contributed by atoms with E-state index >= 15 is 0 Å². The number of aliphatic hydroxyl groups excluding tert-OH is 1. The van der Waals surface area contributed by atoms with Crippen LogP contribution in [0.3, 0.4) is 0 Å². The molecule has 0 aromatic heterocycles. The Morgan fingerprint density at radius 1 is 0.929 bits per heavy atom. The summed E-state index contributed by atoms with van der Waals surface area (Å²) < 4.78 is 49.2. The minimum absolute atomic E-state index is 0.0758. The normalized spacial score (nSPS) is 16.5. The fraction of sp³-hybridized carbons (Fsp3) is 0.368. The molecule has 0 bridgehead atoms. The third kappa shape index (κ3) is 4.01. The van der Waals surface area contributed by atoms with Crippen molar-refractivity contribution in [2.45, 2.75) is 23.8 Å². The van der Waals surface area contributed by atoms with E-state index in [1.807, 2.05) is 0 Å². The lowest BCUT2D eigenvalue weighted by atomic mass is 10.1. The Kier molecular flexibility index (Phi) is 5.29. The molecule has 0 amide bonds. The van der Waals surface area contributed by atoms with Gasteiger partial charge in [0, 0.05) is 19.0 Å². The van der Waals surface area contributed by atoms with E-state index in [0.717, 1.165) is 6.42 Å². The highest BCUT2D eigenvalue weighted by molar-refractivity contribution is 7.89. The van der Waals surface area contributed by atoms with Gasteiger partial charge < -0.3 is 24.1 Å². The second kappa shape index (κ2) is 7.86. The standard InChI is InChI=1S/C19H21NO7S/c21-15(13-2-4-17-18(10-13)27-12-26-17)6-7-20-28(22,23)14-3-5-16-19(11-14)25-9-1-8-24-16/h2-5,10-11,15,20-21H,1,6-9,12H2/t15-/m1/s1. The van der Waals surface area contributed by atoms with Gasteiger partial charge in [-0.2, -0.15) is 0 Å². The molecule has 2 aromatic carbocycles. The van der Waals surface area contributed by atoms with Gasteiger partial charge in [0.25, 0.3) is 0 Å². The van der Waals surface area contributed by atoms with Crippen molar-refractivity contribution >= 4 is 10.0 Å². The molecule has 2 N–H and O–H groups in total. The predicted octanol–water partition coefficient (Wildman–Crippen LogP) is 1.98. The molecular weight excluding hydrogens is 386 g/mol. The smallest absolute Gasteiger partial charge is 0.240 e. The fourth-order valence-corrected chi connectivity index (χ4v) is 4.07. The summed E-state index contributed by atoms with van der Waals surface area (Å²) in [5.41, 5.74) is 0.638. The molecule has 9 heteroatoms. The van der Waals surface area contributed by atoms with Gasteiger partial charge in [0.05, 0.1) is 24.2 Å². The van der Waals surface area contributed by atoms with Crippen molar-refractivity contribution in [3.05, 3.63) is 42.0 Å². The summed E-state index contributed by atoms with van der Waals surface area (Å²) in [6, 6.07) is 9.68. The zero-order valence-corrected chi connectivity index (χ0v) is 15.9. The second-order valence-electron chi connectivity index (χ2n) is 6.47.